The number of para-hydroxylation sites is 1. The van der Waals surface area contributed by atoms with E-state index < -0.39 is 0 Å². The van der Waals surface area contributed by atoms with E-state index in [1.165, 1.54) is 0 Å². The average Bonchev–Trinajstić information content (AvgIpc) is 2.93. The number of nitrogens with zero attached hydrogens (tertiary/aromatic N) is 4. The maximum atomic E-state index is 5.28. The van der Waals surface area contributed by atoms with Crippen LogP contribution in [-0.4, -0.2) is 28.9 Å². The van der Waals surface area contributed by atoms with Crippen molar-refractivity contribution in [3.8, 4) is 5.75 Å². The summed E-state index contributed by atoms with van der Waals surface area (Å²) in [6.07, 6.45) is 0. The second kappa shape index (κ2) is 5.77. The molecule has 5 heteroatoms. The number of anilines is 2. The van der Waals surface area contributed by atoms with Gasteiger partial charge in [0.2, 0.25) is 0 Å². The van der Waals surface area contributed by atoms with Crippen LogP contribution < -0.4 is 9.64 Å². The number of hydrogen-bond acceptors (Lipinski definition) is 4. The molecule has 0 spiro atoms. The van der Waals surface area contributed by atoms with Crippen LogP contribution in [0, 0.1) is 6.92 Å². The van der Waals surface area contributed by atoms with Crippen LogP contribution >= 0.6 is 0 Å². The molecule has 0 unspecified atom stereocenters. The van der Waals surface area contributed by atoms with E-state index in [1.807, 2.05) is 49.0 Å². The van der Waals surface area contributed by atoms with Gasteiger partial charge in [-0.05, 0) is 37.3 Å². The van der Waals surface area contributed by atoms with E-state index in [1.54, 1.807) is 7.11 Å². The highest BCUT2D eigenvalue weighted by molar-refractivity contribution is 6.09. The zero-order valence-corrected chi connectivity index (χ0v) is 14.8. The molecule has 0 amide bonds. The molecule has 0 aliphatic carbocycles. The van der Waals surface area contributed by atoms with Crippen LogP contribution in [0.4, 0.5) is 11.4 Å². The maximum Gasteiger partial charge on any atom is 0.160 e. The smallest absolute Gasteiger partial charge is 0.160 e. The number of aryl methyl sites for hydroxylation is 2. The zero-order chi connectivity index (χ0) is 17.6. The van der Waals surface area contributed by atoms with Gasteiger partial charge in [0, 0.05) is 25.2 Å². The van der Waals surface area contributed by atoms with Crippen molar-refractivity contribution >= 4 is 33.3 Å². The van der Waals surface area contributed by atoms with Crippen LogP contribution in [0.15, 0.2) is 48.5 Å². The highest BCUT2D eigenvalue weighted by Crippen LogP contribution is 2.38. The van der Waals surface area contributed by atoms with Gasteiger partial charge in [-0.3, -0.25) is 4.68 Å². The second-order valence-corrected chi connectivity index (χ2v) is 6.14. The number of aromatic nitrogens is 3. The molecule has 0 saturated carbocycles. The van der Waals surface area contributed by atoms with Gasteiger partial charge in [0.1, 0.15) is 5.75 Å². The lowest BCUT2D eigenvalue weighted by molar-refractivity contribution is 0.415. The molecular formula is C20H20N4O. The maximum absolute atomic E-state index is 5.28. The molecule has 0 bridgehead atoms. The van der Waals surface area contributed by atoms with Crippen molar-refractivity contribution in [2.75, 3.05) is 19.1 Å². The van der Waals surface area contributed by atoms with Crippen LogP contribution in [0.5, 0.6) is 5.75 Å². The van der Waals surface area contributed by atoms with Crippen LogP contribution in [0.25, 0.3) is 21.9 Å². The summed E-state index contributed by atoms with van der Waals surface area (Å²) in [7, 11) is 5.70. The van der Waals surface area contributed by atoms with Gasteiger partial charge >= 0.3 is 0 Å². The zero-order valence-electron chi connectivity index (χ0n) is 14.8. The SMILES string of the molecule is COc1ccc(N(C)c2c3ccccc3nc3c2c(C)nn3C)cc1. The minimum Gasteiger partial charge on any atom is -0.497 e. The molecule has 0 fully saturated rings. The summed E-state index contributed by atoms with van der Waals surface area (Å²) in [4.78, 5) is 7.01. The first kappa shape index (κ1) is 15.4. The van der Waals surface area contributed by atoms with Crippen molar-refractivity contribution in [3.05, 3.63) is 54.2 Å². The number of rotatable bonds is 3. The van der Waals surface area contributed by atoms with Crippen molar-refractivity contribution in [1.82, 2.24) is 14.8 Å². The van der Waals surface area contributed by atoms with Crippen molar-refractivity contribution in [2.24, 2.45) is 7.05 Å². The van der Waals surface area contributed by atoms with Crippen LogP contribution in [0.3, 0.4) is 0 Å². The molecule has 25 heavy (non-hydrogen) atoms. The van der Waals surface area contributed by atoms with Crippen molar-refractivity contribution in [2.45, 2.75) is 6.92 Å². The van der Waals surface area contributed by atoms with Gasteiger partial charge < -0.3 is 9.64 Å². The fourth-order valence-corrected chi connectivity index (χ4v) is 3.35. The molecule has 126 valence electrons. The minimum atomic E-state index is 0.847. The molecule has 2 heterocycles. The number of methoxy groups -OCH3 is 1. The minimum absolute atomic E-state index is 0.847. The topological polar surface area (TPSA) is 43.2 Å². The molecule has 4 rings (SSSR count). The first-order chi connectivity index (χ1) is 12.1. The summed E-state index contributed by atoms with van der Waals surface area (Å²) in [5, 5.41) is 6.78. The Bertz CT molecular complexity index is 1070. The Morgan fingerprint density at radius 2 is 1.76 bits per heavy atom. The quantitative estimate of drug-likeness (QED) is 0.564. The third-order valence-electron chi connectivity index (χ3n) is 4.61. The van der Waals surface area contributed by atoms with E-state index in [0.29, 0.717) is 0 Å². The Kier molecular flexibility index (Phi) is 3.57. The highest BCUT2D eigenvalue weighted by atomic mass is 16.5. The summed E-state index contributed by atoms with van der Waals surface area (Å²) in [6.45, 7) is 2.03. The standard InChI is InChI=1S/C20H20N4O/c1-13-18-19(23(2)14-9-11-15(25-4)12-10-14)16-7-5-6-8-17(16)21-20(18)24(3)22-13/h5-12H,1-4H3. The summed E-state index contributed by atoms with van der Waals surface area (Å²) < 4.78 is 7.13. The van der Waals surface area contributed by atoms with Crippen LogP contribution in [-0.2, 0) is 7.05 Å². The molecule has 0 N–H and O–H groups in total. The van der Waals surface area contributed by atoms with Gasteiger partial charge in [0.15, 0.2) is 5.65 Å². The van der Waals surface area contributed by atoms with Crippen LogP contribution in [0.1, 0.15) is 5.69 Å². The predicted molar refractivity (Wildman–Crippen MR) is 102 cm³/mol. The molecule has 2 aromatic carbocycles. The van der Waals surface area contributed by atoms with Gasteiger partial charge in [-0.2, -0.15) is 5.10 Å². The fourth-order valence-electron chi connectivity index (χ4n) is 3.35. The molecule has 0 atom stereocenters. The van der Waals surface area contributed by atoms with Gasteiger partial charge in [-0.1, -0.05) is 18.2 Å². The third-order valence-corrected chi connectivity index (χ3v) is 4.61. The average molecular weight is 332 g/mol. The number of fused-ring (bicyclic) bond motifs is 2. The molecule has 0 aliphatic rings. The van der Waals surface area contributed by atoms with E-state index >= 15 is 0 Å². The number of benzene rings is 2. The normalized spacial score (nSPS) is 11.2. The van der Waals surface area contributed by atoms with Crippen molar-refractivity contribution in [3.63, 3.8) is 0 Å². The first-order valence-corrected chi connectivity index (χ1v) is 8.20. The molecular weight excluding hydrogens is 312 g/mol. The molecule has 2 aromatic heterocycles. The Morgan fingerprint density at radius 1 is 1.04 bits per heavy atom. The molecule has 0 radical (unpaired) electrons. The molecule has 4 aromatic rings. The lowest BCUT2D eigenvalue weighted by Crippen LogP contribution is -2.11. The third kappa shape index (κ3) is 2.39. The number of pyridine rings is 1. The Balaban J connectivity index is 2.02. The van der Waals surface area contributed by atoms with E-state index in [4.69, 9.17) is 9.72 Å². The molecule has 5 nitrogen and oxygen atoms in total. The van der Waals surface area contributed by atoms with Crippen molar-refractivity contribution < 1.29 is 4.74 Å². The summed E-state index contributed by atoms with van der Waals surface area (Å²) in [5.41, 5.74) is 5.05. The predicted octanol–water partition coefficient (Wildman–Crippen LogP) is 4.21. The highest BCUT2D eigenvalue weighted by Gasteiger charge is 2.19. The number of ether oxygens (including phenoxy) is 1. The Labute approximate surface area is 146 Å². The van der Waals surface area contributed by atoms with Crippen LogP contribution in [0.2, 0.25) is 0 Å². The second-order valence-electron chi connectivity index (χ2n) is 6.14. The lowest BCUT2D eigenvalue weighted by atomic mass is 10.1. The van der Waals surface area contributed by atoms with Gasteiger partial charge in [-0.25, -0.2) is 4.98 Å². The van der Waals surface area contributed by atoms with E-state index in [9.17, 15) is 0 Å². The largest absolute Gasteiger partial charge is 0.497 e. The van der Waals surface area contributed by atoms with E-state index in [2.05, 4.69) is 35.2 Å². The fraction of sp³-hybridized carbons (Fsp3) is 0.200. The van der Waals surface area contributed by atoms with Crippen molar-refractivity contribution in [1.29, 1.82) is 0 Å². The van der Waals surface area contributed by atoms with E-state index in [-0.39, 0.29) is 0 Å². The molecule has 0 saturated heterocycles. The summed E-state index contributed by atoms with van der Waals surface area (Å²) in [6, 6.07) is 16.3. The van der Waals surface area contributed by atoms with Gasteiger partial charge in [-0.15, -0.1) is 0 Å². The lowest BCUT2D eigenvalue weighted by Gasteiger charge is -2.23. The van der Waals surface area contributed by atoms with Gasteiger partial charge in [0.25, 0.3) is 0 Å². The summed E-state index contributed by atoms with van der Waals surface area (Å²) in [5.74, 6) is 0.847. The monoisotopic (exact) mass is 332 g/mol. The summed E-state index contributed by atoms with van der Waals surface area (Å²) >= 11 is 0. The van der Waals surface area contributed by atoms with E-state index in [0.717, 1.165) is 44.8 Å². The van der Waals surface area contributed by atoms with Gasteiger partial charge in [0.05, 0.1) is 29.4 Å². The Hall–Kier alpha value is -3.08. The first-order valence-electron chi connectivity index (χ1n) is 8.20. The number of hydrogen-bond donors (Lipinski definition) is 0. The molecule has 0 aliphatic heterocycles. The Morgan fingerprint density at radius 3 is 2.48 bits per heavy atom.